The van der Waals surface area contributed by atoms with Crippen molar-refractivity contribution in [1.82, 2.24) is 4.31 Å². The number of nitriles is 1. The van der Waals surface area contributed by atoms with E-state index < -0.39 is 22.0 Å². The standard InChI is InChI=1S/C13H15N3O4S/c14-6-5-10-1-3-11(4-2-10)21(18,19)16-7-8-20-9-12(16)13(15)17/h1-4,12H,5,7-9H2,(H2,15,17). The first-order valence-corrected chi connectivity index (χ1v) is 7.75. The van der Waals surface area contributed by atoms with Gasteiger partial charge in [0.25, 0.3) is 0 Å². The number of carbonyl (C=O) groups is 1. The average molecular weight is 309 g/mol. The zero-order valence-electron chi connectivity index (χ0n) is 11.2. The highest BCUT2D eigenvalue weighted by atomic mass is 32.2. The summed E-state index contributed by atoms with van der Waals surface area (Å²) in [6.45, 7) is 0.256. The van der Waals surface area contributed by atoms with E-state index in [9.17, 15) is 13.2 Å². The van der Waals surface area contributed by atoms with Gasteiger partial charge in [-0.25, -0.2) is 8.42 Å². The van der Waals surface area contributed by atoms with E-state index in [2.05, 4.69) is 0 Å². The Morgan fingerprint density at radius 1 is 1.43 bits per heavy atom. The van der Waals surface area contributed by atoms with Gasteiger partial charge in [-0.1, -0.05) is 12.1 Å². The number of nitrogens with zero attached hydrogens (tertiary/aromatic N) is 2. The lowest BCUT2D eigenvalue weighted by Crippen LogP contribution is -2.54. The summed E-state index contributed by atoms with van der Waals surface area (Å²) in [5, 5.41) is 8.61. The van der Waals surface area contributed by atoms with Gasteiger partial charge in [0.1, 0.15) is 6.04 Å². The first-order chi connectivity index (χ1) is 9.96. The number of morpholine rings is 1. The number of sulfonamides is 1. The smallest absolute Gasteiger partial charge is 0.243 e. The molecule has 0 radical (unpaired) electrons. The van der Waals surface area contributed by atoms with Crippen molar-refractivity contribution in [3.8, 4) is 6.07 Å². The van der Waals surface area contributed by atoms with Gasteiger partial charge < -0.3 is 10.5 Å². The van der Waals surface area contributed by atoms with E-state index in [1.54, 1.807) is 12.1 Å². The summed E-state index contributed by atoms with van der Waals surface area (Å²) >= 11 is 0. The summed E-state index contributed by atoms with van der Waals surface area (Å²) in [6, 6.07) is 7.00. The Balaban J connectivity index is 2.31. The van der Waals surface area contributed by atoms with E-state index in [0.717, 1.165) is 9.87 Å². The molecule has 2 N–H and O–H groups in total. The third kappa shape index (κ3) is 3.21. The number of rotatable bonds is 4. The summed E-state index contributed by atoms with van der Waals surface area (Å²) in [5.41, 5.74) is 5.96. The van der Waals surface area contributed by atoms with Crippen LogP contribution in [-0.4, -0.2) is 44.4 Å². The minimum atomic E-state index is -3.82. The lowest BCUT2D eigenvalue weighted by Gasteiger charge is -2.32. The third-order valence-electron chi connectivity index (χ3n) is 3.22. The van der Waals surface area contributed by atoms with Crippen LogP contribution in [0.4, 0.5) is 0 Å². The maximum atomic E-state index is 12.6. The van der Waals surface area contributed by atoms with Crippen molar-refractivity contribution in [2.45, 2.75) is 17.4 Å². The van der Waals surface area contributed by atoms with Crippen molar-refractivity contribution in [3.63, 3.8) is 0 Å². The maximum Gasteiger partial charge on any atom is 0.243 e. The van der Waals surface area contributed by atoms with E-state index in [-0.39, 0.29) is 31.1 Å². The van der Waals surface area contributed by atoms with Crippen molar-refractivity contribution >= 4 is 15.9 Å². The Morgan fingerprint density at radius 3 is 2.67 bits per heavy atom. The monoisotopic (exact) mass is 309 g/mol. The molecule has 7 nitrogen and oxygen atoms in total. The van der Waals surface area contributed by atoms with Gasteiger partial charge >= 0.3 is 0 Å². The average Bonchev–Trinajstić information content (AvgIpc) is 2.48. The Labute approximate surface area is 123 Å². The SMILES string of the molecule is N#CCc1ccc(S(=O)(=O)N2CCOCC2C(N)=O)cc1. The van der Waals surface area contributed by atoms with Gasteiger partial charge in [0, 0.05) is 6.54 Å². The number of primary amides is 1. The van der Waals surface area contributed by atoms with E-state index in [0.29, 0.717) is 0 Å². The molecule has 2 rings (SSSR count). The van der Waals surface area contributed by atoms with Gasteiger partial charge in [-0.15, -0.1) is 0 Å². The Kier molecular flexibility index (Phi) is 4.57. The Morgan fingerprint density at radius 2 is 2.10 bits per heavy atom. The molecular formula is C13H15N3O4S. The summed E-state index contributed by atoms with van der Waals surface area (Å²) in [4.78, 5) is 11.4. The minimum Gasteiger partial charge on any atom is -0.378 e. The Bertz CT molecular complexity index is 664. The van der Waals surface area contributed by atoms with Crippen LogP contribution in [0, 0.1) is 11.3 Å². The van der Waals surface area contributed by atoms with E-state index in [4.69, 9.17) is 15.7 Å². The fourth-order valence-electron chi connectivity index (χ4n) is 2.11. The molecule has 1 amide bonds. The van der Waals surface area contributed by atoms with Crippen LogP contribution in [0.15, 0.2) is 29.2 Å². The van der Waals surface area contributed by atoms with Crippen LogP contribution in [0.3, 0.4) is 0 Å². The topological polar surface area (TPSA) is 113 Å². The molecule has 0 saturated carbocycles. The molecule has 0 spiro atoms. The normalized spacial score (nSPS) is 19.9. The minimum absolute atomic E-state index is 0.0406. The maximum absolute atomic E-state index is 12.6. The molecule has 1 aromatic carbocycles. The molecule has 0 aliphatic carbocycles. The summed E-state index contributed by atoms with van der Waals surface area (Å²) in [7, 11) is -3.82. The highest BCUT2D eigenvalue weighted by Crippen LogP contribution is 2.21. The molecule has 21 heavy (non-hydrogen) atoms. The van der Waals surface area contributed by atoms with Gasteiger partial charge in [-0.3, -0.25) is 4.79 Å². The van der Waals surface area contributed by atoms with Crippen LogP contribution in [0.2, 0.25) is 0 Å². The predicted octanol–water partition coefficient (Wildman–Crippen LogP) is -0.373. The second-order valence-electron chi connectivity index (χ2n) is 4.59. The first kappa shape index (κ1) is 15.4. The highest BCUT2D eigenvalue weighted by Gasteiger charge is 2.37. The molecule has 1 saturated heterocycles. The molecule has 1 atom stereocenters. The number of amides is 1. The van der Waals surface area contributed by atoms with Crippen LogP contribution >= 0.6 is 0 Å². The zero-order valence-corrected chi connectivity index (χ0v) is 12.0. The van der Waals surface area contributed by atoms with Crippen LogP contribution in [0.25, 0.3) is 0 Å². The summed E-state index contributed by atoms with van der Waals surface area (Å²) in [6.07, 6.45) is 0.210. The lowest BCUT2D eigenvalue weighted by molar-refractivity contribution is -0.125. The number of hydrogen-bond donors (Lipinski definition) is 1. The number of nitrogens with two attached hydrogens (primary N) is 1. The fraction of sp³-hybridized carbons (Fsp3) is 0.385. The number of carbonyl (C=O) groups excluding carboxylic acids is 1. The van der Waals surface area contributed by atoms with Gasteiger partial charge in [0.2, 0.25) is 15.9 Å². The van der Waals surface area contributed by atoms with Crippen LogP contribution in [0.5, 0.6) is 0 Å². The third-order valence-corrected chi connectivity index (χ3v) is 5.14. The predicted molar refractivity (Wildman–Crippen MR) is 73.5 cm³/mol. The lowest BCUT2D eigenvalue weighted by atomic mass is 10.2. The van der Waals surface area contributed by atoms with Crippen molar-refractivity contribution in [2.24, 2.45) is 5.73 Å². The fourth-order valence-corrected chi connectivity index (χ4v) is 3.67. The molecular weight excluding hydrogens is 294 g/mol. The first-order valence-electron chi connectivity index (χ1n) is 6.31. The molecule has 1 unspecified atom stereocenters. The zero-order chi connectivity index (χ0) is 15.5. The van der Waals surface area contributed by atoms with Gasteiger partial charge in [0.15, 0.2) is 0 Å². The van der Waals surface area contributed by atoms with E-state index >= 15 is 0 Å². The summed E-state index contributed by atoms with van der Waals surface area (Å²) < 4.78 is 31.3. The molecule has 1 aromatic rings. The van der Waals surface area contributed by atoms with Crippen molar-refractivity contribution in [1.29, 1.82) is 5.26 Å². The number of benzene rings is 1. The van der Waals surface area contributed by atoms with Gasteiger partial charge in [-0.05, 0) is 17.7 Å². The molecule has 0 aromatic heterocycles. The Hall–Kier alpha value is -1.95. The van der Waals surface area contributed by atoms with Crippen LogP contribution in [-0.2, 0) is 26.0 Å². The quantitative estimate of drug-likeness (QED) is 0.815. The molecule has 0 bridgehead atoms. The molecule has 1 fully saturated rings. The van der Waals surface area contributed by atoms with Crippen LogP contribution < -0.4 is 5.73 Å². The highest BCUT2D eigenvalue weighted by molar-refractivity contribution is 7.89. The van der Waals surface area contributed by atoms with E-state index in [1.165, 1.54) is 12.1 Å². The molecule has 1 aliphatic rings. The van der Waals surface area contributed by atoms with Crippen molar-refractivity contribution in [3.05, 3.63) is 29.8 Å². The second kappa shape index (κ2) is 6.22. The van der Waals surface area contributed by atoms with Crippen LogP contribution in [0.1, 0.15) is 5.56 Å². The van der Waals surface area contributed by atoms with E-state index in [1.807, 2.05) is 6.07 Å². The summed E-state index contributed by atoms with van der Waals surface area (Å²) in [5.74, 6) is -0.737. The van der Waals surface area contributed by atoms with Crippen molar-refractivity contribution in [2.75, 3.05) is 19.8 Å². The van der Waals surface area contributed by atoms with Gasteiger partial charge in [0.05, 0.1) is 30.6 Å². The number of hydrogen-bond acceptors (Lipinski definition) is 5. The molecule has 1 aliphatic heterocycles. The van der Waals surface area contributed by atoms with Crippen molar-refractivity contribution < 1.29 is 17.9 Å². The second-order valence-corrected chi connectivity index (χ2v) is 6.48. The van der Waals surface area contributed by atoms with Gasteiger partial charge in [-0.2, -0.15) is 9.57 Å². The number of ether oxygens (including phenoxy) is 1. The largest absolute Gasteiger partial charge is 0.378 e. The molecule has 8 heteroatoms. The molecule has 1 heterocycles. The molecule has 112 valence electrons.